The number of anilines is 1. The van der Waals surface area contributed by atoms with Crippen LogP contribution >= 0.6 is 11.3 Å². The normalized spacial score (nSPS) is 10.9. The van der Waals surface area contributed by atoms with Gasteiger partial charge in [0.05, 0.1) is 29.1 Å². The Morgan fingerprint density at radius 1 is 1.09 bits per heavy atom. The monoisotopic (exact) mass is 449 g/mol. The minimum Gasteiger partial charge on any atom is -0.494 e. The molecule has 0 fully saturated rings. The quantitative estimate of drug-likeness (QED) is 0.284. The largest absolute Gasteiger partial charge is 0.494 e. The Bertz CT molecular complexity index is 1200. The molecule has 0 bridgehead atoms. The molecular weight excluding hydrogens is 425 g/mol. The van der Waals surface area contributed by atoms with Gasteiger partial charge in [0.1, 0.15) is 11.6 Å². The van der Waals surface area contributed by atoms with Gasteiger partial charge in [-0.2, -0.15) is 0 Å². The highest BCUT2D eigenvalue weighted by atomic mass is 32.1. The lowest BCUT2D eigenvalue weighted by atomic mass is 10.2. The highest BCUT2D eigenvalue weighted by molar-refractivity contribution is 7.22. The van der Waals surface area contributed by atoms with Gasteiger partial charge in [-0.1, -0.05) is 43.2 Å². The second kappa shape index (κ2) is 10.3. The summed E-state index contributed by atoms with van der Waals surface area (Å²) in [6, 6.07) is 17.2. The number of amides is 1. The summed E-state index contributed by atoms with van der Waals surface area (Å²) in [5, 5.41) is 0.496. The number of carbonyl (C=O) groups excluding carboxylic acids is 1. The molecule has 0 aliphatic rings. The number of hydrogen-bond acceptors (Lipinski definition) is 5. The molecule has 0 unspecified atom stereocenters. The maximum Gasteiger partial charge on any atom is 0.260 e. The minimum atomic E-state index is -0.330. The number of ether oxygens (including phenoxy) is 1. The van der Waals surface area contributed by atoms with Crippen LogP contribution in [-0.2, 0) is 6.54 Å². The summed E-state index contributed by atoms with van der Waals surface area (Å²) in [5.74, 6) is 0.119. The lowest BCUT2D eigenvalue weighted by molar-refractivity contribution is 0.0984. The summed E-state index contributed by atoms with van der Waals surface area (Å²) in [5.41, 5.74) is 1.89. The van der Waals surface area contributed by atoms with Crippen molar-refractivity contribution in [2.45, 2.75) is 32.7 Å². The summed E-state index contributed by atoms with van der Waals surface area (Å²) >= 11 is 1.28. The maximum absolute atomic E-state index is 13.7. The predicted octanol–water partition coefficient (Wildman–Crippen LogP) is 6.25. The van der Waals surface area contributed by atoms with Crippen LogP contribution in [0.15, 0.2) is 66.9 Å². The number of unbranched alkanes of at least 4 members (excludes halogenated alkanes) is 2. The number of carbonyl (C=O) groups is 1. The molecule has 2 aromatic heterocycles. The fraction of sp³-hybridized carbons (Fsp3) is 0.240. The highest BCUT2D eigenvalue weighted by Gasteiger charge is 2.23. The fourth-order valence-corrected chi connectivity index (χ4v) is 4.29. The molecule has 164 valence electrons. The first-order valence-corrected chi connectivity index (χ1v) is 11.5. The van der Waals surface area contributed by atoms with E-state index in [0.717, 1.165) is 25.0 Å². The van der Waals surface area contributed by atoms with Crippen LogP contribution in [0.25, 0.3) is 10.2 Å². The van der Waals surface area contributed by atoms with E-state index in [1.807, 2.05) is 30.3 Å². The standard InChI is InChI=1S/C25H24FN3O2S/c1-2-3-6-14-31-21-10-7-8-18(15-21)24(30)29(17-20-9-4-5-13-27-20)25-28-22-12-11-19(26)16-23(22)32-25/h4-5,7-13,15-16H,2-3,6,14,17H2,1H3. The number of pyridine rings is 1. The molecule has 0 saturated heterocycles. The molecule has 4 aromatic rings. The van der Waals surface area contributed by atoms with Gasteiger partial charge in [-0.15, -0.1) is 0 Å². The van der Waals surface area contributed by atoms with E-state index < -0.39 is 0 Å². The van der Waals surface area contributed by atoms with Gasteiger partial charge in [-0.25, -0.2) is 9.37 Å². The molecule has 2 aromatic carbocycles. The first kappa shape index (κ1) is 21.9. The van der Waals surface area contributed by atoms with Crippen molar-refractivity contribution in [3.8, 4) is 5.75 Å². The van der Waals surface area contributed by atoms with E-state index in [-0.39, 0.29) is 18.3 Å². The molecule has 4 rings (SSSR count). The van der Waals surface area contributed by atoms with Crippen LogP contribution in [0.3, 0.4) is 0 Å². The van der Waals surface area contributed by atoms with E-state index >= 15 is 0 Å². The van der Waals surface area contributed by atoms with Crippen molar-refractivity contribution >= 4 is 32.6 Å². The molecule has 32 heavy (non-hydrogen) atoms. The zero-order chi connectivity index (χ0) is 22.3. The Morgan fingerprint density at radius 3 is 2.81 bits per heavy atom. The first-order chi connectivity index (χ1) is 15.6. The van der Waals surface area contributed by atoms with Gasteiger partial charge < -0.3 is 4.74 Å². The number of benzene rings is 2. The molecule has 1 amide bonds. The molecule has 0 radical (unpaired) electrons. The molecule has 0 aliphatic carbocycles. The van der Waals surface area contributed by atoms with E-state index in [9.17, 15) is 9.18 Å². The Labute approximate surface area is 190 Å². The average molecular weight is 450 g/mol. The number of hydrogen-bond donors (Lipinski definition) is 0. The van der Waals surface area contributed by atoms with Gasteiger partial charge >= 0.3 is 0 Å². The third-order valence-electron chi connectivity index (χ3n) is 4.96. The van der Waals surface area contributed by atoms with Crippen molar-refractivity contribution in [1.82, 2.24) is 9.97 Å². The average Bonchev–Trinajstić information content (AvgIpc) is 3.23. The molecule has 0 atom stereocenters. The molecule has 0 saturated carbocycles. The van der Waals surface area contributed by atoms with Crippen molar-refractivity contribution in [2.75, 3.05) is 11.5 Å². The number of thiazole rings is 1. The Kier molecular flexibility index (Phi) is 7.07. The zero-order valence-corrected chi connectivity index (χ0v) is 18.6. The van der Waals surface area contributed by atoms with Gasteiger partial charge in [0.25, 0.3) is 5.91 Å². The van der Waals surface area contributed by atoms with Gasteiger partial charge in [0.15, 0.2) is 5.13 Å². The van der Waals surface area contributed by atoms with Gasteiger partial charge in [0.2, 0.25) is 0 Å². The lowest BCUT2D eigenvalue weighted by Crippen LogP contribution is -2.30. The van der Waals surface area contributed by atoms with Gasteiger partial charge in [0, 0.05) is 11.8 Å². The van der Waals surface area contributed by atoms with Crippen molar-refractivity contribution in [3.63, 3.8) is 0 Å². The van der Waals surface area contributed by atoms with Gasteiger partial charge in [-0.05, 0) is 55.0 Å². The van der Waals surface area contributed by atoms with Crippen LogP contribution in [0.1, 0.15) is 42.2 Å². The smallest absolute Gasteiger partial charge is 0.260 e. The van der Waals surface area contributed by atoms with Crippen molar-refractivity contribution < 1.29 is 13.9 Å². The SMILES string of the molecule is CCCCCOc1cccc(C(=O)N(Cc2ccccn2)c2nc3ccc(F)cc3s2)c1. The third kappa shape index (κ3) is 5.29. The Hall–Kier alpha value is -3.32. The summed E-state index contributed by atoms with van der Waals surface area (Å²) in [6.45, 7) is 3.02. The summed E-state index contributed by atoms with van der Waals surface area (Å²) in [7, 11) is 0. The highest BCUT2D eigenvalue weighted by Crippen LogP contribution is 2.31. The number of aromatic nitrogens is 2. The fourth-order valence-electron chi connectivity index (χ4n) is 3.30. The maximum atomic E-state index is 13.7. The van der Waals surface area contributed by atoms with Crippen LogP contribution in [0.5, 0.6) is 5.75 Å². The van der Waals surface area contributed by atoms with Crippen LogP contribution in [0, 0.1) is 5.82 Å². The number of nitrogens with zero attached hydrogens (tertiary/aromatic N) is 3. The molecule has 7 heteroatoms. The summed E-state index contributed by atoms with van der Waals surface area (Å²) in [4.78, 5) is 24.1. The molecule has 0 spiro atoms. The Balaban J connectivity index is 1.64. The topological polar surface area (TPSA) is 55.3 Å². The molecule has 0 N–H and O–H groups in total. The molecular formula is C25H24FN3O2S. The predicted molar refractivity (Wildman–Crippen MR) is 126 cm³/mol. The number of rotatable bonds is 9. The van der Waals surface area contributed by atoms with Crippen molar-refractivity contribution in [3.05, 3.63) is 83.9 Å². The third-order valence-corrected chi connectivity index (χ3v) is 6.00. The number of halogens is 1. The van der Waals surface area contributed by atoms with E-state index in [4.69, 9.17) is 4.74 Å². The Morgan fingerprint density at radius 2 is 2.00 bits per heavy atom. The molecule has 0 aliphatic heterocycles. The molecule has 5 nitrogen and oxygen atoms in total. The minimum absolute atomic E-state index is 0.214. The van der Waals surface area contributed by atoms with E-state index in [0.29, 0.717) is 33.3 Å². The van der Waals surface area contributed by atoms with Crippen LogP contribution in [0.2, 0.25) is 0 Å². The second-order valence-electron chi connectivity index (χ2n) is 7.40. The van der Waals surface area contributed by atoms with Crippen LogP contribution in [-0.4, -0.2) is 22.5 Å². The summed E-state index contributed by atoms with van der Waals surface area (Å²) < 4.78 is 20.2. The van der Waals surface area contributed by atoms with Crippen molar-refractivity contribution in [1.29, 1.82) is 0 Å². The van der Waals surface area contributed by atoms with Crippen LogP contribution < -0.4 is 9.64 Å². The van der Waals surface area contributed by atoms with E-state index in [1.165, 1.54) is 23.5 Å². The second-order valence-corrected chi connectivity index (χ2v) is 8.41. The van der Waals surface area contributed by atoms with E-state index in [1.54, 1.807) is 29.3 Å². The zero-order valence-electron chi connectivity index (χ0n) is 17.8. The van der Waals surface area contributed by atoms with Crippen LogP contribution in [0.4, 0.5) is 9.52 Å². The first-order valence-electron chi connectivity index (χ1n) is 10.6. The number of fused-ring (bicyclic) bond motifs is 1. The summed E-state index contributed by atoms with van der Waals surface area (Å²) in [6.07, 6.45) is 4.89. The van der Waals surface area contributed by atoms with E-state index in [2.05, 4.69) is 16.9 Å². The van der Waals surface area contributed by atoms with Gasteiger partial charge in [-0.3, -0.25) is 14.7 Å². The molecule has 2 heterocycles. The van der Waals surface area contributed by atoms with Crippen molar-refractivity contribution in [2.24, 2.45) is 0 Å². The lowest BCUT2D eigenvalue weighted by Gasteiger charge is -2.20.